The van der Waals surface area contributed by atoms with Gasteiger partial charge in [-0.15, -0.1) is 0 Å². The first-order chi connectivity index (χ1) is 28.2. The Bertz CT molecular complexity index is 1200. The van der Waals surface area contributed by atoms with Crippen LogP contribution in [0.2, 0.25) is 0 Å². The molecule has 18 heteroatoms. The maximum absolute atomic E-state index is 12.2. The molecule has 1 fully saturated rings. The van der Waals surface area contributed by atoms with E-state index in [4.69, 9.17) is 28.4 Å². The van der Waals surface area contributed by atoms with Crippen molar-refractivity contribution in [2.24, 2.45) is 0 Å². The lowest BCUT2D eigenvalue weighted by atomic mass is 10.2. The fourth-order valence-electron chi connectivity index (χ4n) is 5.67. The topological polar surface area (TPSA) is 230 Å². The number of carbonyl (C=O) groups excluding carboxylic acids is 6. The molecule has 59 heavy (non-hydrogen) atoms. The number of carbonyl (C=O) groups is 6. The van der Waals surface area contributed by atoms with Crippen LogP contribution in [0.4, 0.5) is 0 Å². The van der Waals surface area contributed by atoms with Crippen molar-refractivity contribution in [1.82, 2.24) is 31.9 Å². The number of esters is 6. The first-order valence-electron chi connectivity index (χ1n) is 21.6. The van der Waals surface area contributed by atoms with Crippen molar-refractivity contribution >= 4 is 35.8 Å². The summed E-state index contributed by atoms with van der Waals surface area (Å²) in [4.78, 5) is 73.1. The second-order valence-corrected chi connectivity index (χ2v) is 15.4. The number of hydrogen-bond donors (Lipinski definition) is 6. The molecule has 6 unspecified atom stereocenters. The minimum absolute atomic E-state index is 0.0162. The molecule has 0 amide bonds. The van der Waals surface area contributed by atoms with E-state index in [1.165, 1.54) is 0 Å². The van der Waals surface area contributed by atoms with Crippen molar-refractivity contribution in [3.05, 3.63) is 0 Å². The molecule has 6 N–H and O–H groups in total. The Kier molecular flexibility index (Phi) is 31.2. The molecule has 0 aliphatic carbocycles. The molecule has 1 aliphatic rings. The van der Waals surface area contributed by atoms with Gasteiger partial charge in [-0.25, -0.2) is 0 Å². The minimum atomic E-state index is -0.336. The Morgan fingerprint density at radius 3 is 0.712 bits per heavy atom. The highest BCUT2D eigenvalue weighted by Crippen LogP contribution is 2.05. The third-order valence-corrected chi connectivity index (χ3v) is 9.64. The molecule has 0 saturated carbocycles. The summed E-state index contributed by atoms with van der Waals surface area (Å²) in [6.45, 7) is 15.1. The van der Waals surface area contributed by atoms with Gasteiger partial charge in [-0.05, 0) is 80.1 Å². The fourth-order valence-corrected chi connectivity index (χ4v) is 5.67. The van der Waals surface area contributed by atoms with E-state index >= 15 is 0 Å². The van der Waals surface area contributed by atoms with Crippen LogP contribution < -0.4 is 31.9 Å². The van der Waals surface area contributed by atoms with E-state index in [1.54, 1.807) is 0 Å². The van der Waals surface area contributed by atoms with Crippen LogP contribution in [-0.2, 0) is 57.2 Å². The highest BCUT2D eigenvalue weighted by atomic mass is 16.6. The quantitative estimate of drug-likeness (QED) is 0.151. The lowest BCUT2D eigenvalue weighted by molar-refractivity contribution is -0.146. The van der Waals surface area contributed by atoms with E-state index < -0.39 is 0 Å². The lowest BCUT2D eigenvalue weighted by Crippen LogP contribution is -2.33. The van der Waals surface area contributed by atoms with Crippen molar-refractivity contribution in [3.63, 3.8) is 0 Å². The number of rotatable bonds is 0. The van der Waals surface area contributed by atoms with Gasteiger partial charge in [-0.1, -0.05) is 0 Å². The van der Waals surface area contributed by atoms with E-state index in [0.29, 0.717) is 71.2 Å². The maximum Gasteiger partial charge on any atom is 0.307 e. The second kappa shape index (κ2) is 34.3. The van der Waals surface area contributed by atoms with Gasteiger partial charge in [0, 0.05) is 107 Å². The Labute approximate surface area is 351 Å². The van der Waals surface area contributed by atoms with Crippen molar-refractivity contribution in [2.75, 3.05) is 72.5 Å². The van der Waals surface area contributed by atoms with Gasteiger partial charge >= 0.3 is 35.8 Å². The summed E-state index contributed by atoms with van der Waals surface area (Å²) in [6, 6.07) is 0.0680. The van der Waals surface area contributed by atoms with E-state index in [9.17, 15) is 28.8 Å². The van der Waals surface area contributed by atoms with Crippen molar-refractivity contribution in [2.45, 2.75) is 155 Å². The smallest absolute Gasteiger partial charge is 0.307 e. The molecule has 0 radical (unpaired) electrons. The van der Waals surface area contributed by atoms with E-state index in [2.05, 4.69) is 31.9 Å². The summed E-state index contributed by atoms with van der Waals surface area (Å²) in [5, 5.41) is 19.3. The van der Waals surface area contributed by atoms with Gasteiger partial charge in [-0.3, -0.25) is 34.1 Å². The van der Waals surface area contributed by atoms with E-state index in [-0.39, 0.29) is 150 Å². The summed E-state index contributed by atoms with van der Waals surface area (Å²) in [7, 11) is 0. The van der Waals surface area contributed by atoms with Crippen LogP contribution in [0.5, 0.6) is 0 Å². The molecule has 1 aliphatic heterocycles. The second-order valence-electron chi connectivity index (χ2n) is 15.4. The van der Waals surface area contributed by atoms with Gasteiger partial charge < -0.3 is 55.0 Å². The van der Waals surface area contributed by atoms with Crippen LogP contribution in [0.15, 0.2) is 0 Å². The highest BCUT2D eigenvalue weighted by molar-refractivity contribution is 5.71. The summed E-state index contributed by atoms with van der Waals surface area (Å²) in [5.41, 5.74) is 0. The Hall–Kier alpha value is -3.42. The van der Waals surface area contributed by atoms with Crippen LogP contribution in [0.25, 0.3) is 0 Å². The minimum Gasteiger partial charge on any atom is -0.464 e. The summed E-state index contributed by atoms with van der Waals surface area (Å²) < 4.78 is 31.9. The molecule has 0 aromatic heterocycles. The largest absolute Gasteiger partial charge is 0.464 e. The zero-order valence-electron chi connectivity index (χ0n) is 36.6. The normalized spacial score (nSPS) is 28.6. The monoisotopic (exact) mass is 845 g/mol. The molecular weight excluding hydrogens is 768 g/mol. The zero-order chi connectivity index (χ0) is 43.7. The van der Waals surface area contributed by atoms with Gasteiger partial charge in [0.15, 0.2) is 0 Å². The summed E-state index contributed by atoms with van der Waals surface area (Å²) in [6.07, 6.45) is 4.84. The standard InChI is InChI=1S/C41H76N6O12/c1-30-7-14-37(49)55-25-21-44-32(3)9-16-39(51)57-27-23-46-34(5)11-18-41(53)59-29-47-35(6)12-17-40(52)58-28-22-45-33(4)10-15-38(50)56-26-20-43-31(2)8-13-36(48)54-24-19-42-30/h30-35,42-47H,7-29H2,1-6H3. The number of hydrogen-bond acceptors (Lipinski definition) is 18. The van der Waals surface area contributed by atoms with Crippen LogP contribution in [0, 0.1) is 0 Å². The van der Waals surface area contributed by atoms with Gasteiger partial charge in [0.05, 0.1) is 0 Å². The number of nitrogens with one attached hydrogen (secondary N) is 6. The zero-order valence-corrected chi connectivity index (χ0v) is 36.6. The molecule has 1 rings (SSSR count). The molecule has 0 bridgehead atoms. The van der Waals surface area contributed by atoms with Crippen LogP contribution in [0.1, 0.15) is 119 Å². The molecule has 6 atom stereocenters. The Balaban J connectivity index is 2.47. The SMILES string of the molecule is CC1CCC(=O)OCCNC(C)CCC(=O)OCCNC(C)CCC(=O)OCNC(C)CCC(=O)OCCNC(C)CCC(=O)OCCNC(C)CCC(=O)OCCN1. The van der Waals surface area contributed by atoms with Gasteiger partial charge in [0.25, 0.3) is 0 Å². The van der Waals surface area contributed by atoms with Gasteiger partial charge in [0.1, 0.15) is 39.8 Å². The molecule has 1 heterocycles. The molecule has 18 nitrogen and oxygen atoms in total. The third kappa shape index (κ3) is 33.0. The molecule has 1 saturated heterocycles. The predicted octanol–water partition coefficient (Wildman–Crippen LogP) is 1.77. The number of cyclic esters (lactones) is 6. The Morgan fingerprint density at radius 1 is 0.305 bits per heavy atom. The highest BCUT2D eigenvalue weighted by Gasteiger charge is 2.14. The fraction of sp³-hybridized carbons (Fsp3) is 0.854. The maximum atomic E-state index is 12.2. The molecule has 342 valence electrons. The molecule has 0 spiro atoms. The average molecular weight is 845 g/mol. The number of ether oxygens (including phenoxy) is 6. The van der Waals surface area contributed by atoms with Gasteiger partial charge in [0.2, 0.25) is 0 Å². The third-order valence-electron chi connectivity index (χ3n) is 9.64. The predicted molar refractivity (Wildman–Crippen MR) is 221 cm³/mol. The van der Waals surface area contributed by atoms with Crippen molar-refractivity contribution in [1.29, 1.82) is 0 Å². The Morgan fingerprint density at radius 2 is 0.492 bits per heavy atom. The molecular formula is C41H76N6O12. The molecule has 0 aromatic carbocycles. The first kappa shape index (κ1) is 53.6. The van der Waals surface area contributed by atoms with Crippen LogP contribution in [-0.4, -0.2) is 145 Å². The first-order valence-corrected chi connectivity index (χ1v) is 21.6. The summed E-state index contributed by atoms with van der Waals surface area (Å²) in [5.74, 6) is -1.83. The van der Waals surface area contributed by atoms with E-state index in [1.807, 2.05) is 41.5 Å². The molecule has 0 aromatic rings. The van der Waals surface area contributed by atoms with E-state index in [0.717, 1.165) is 0 Å². The average Bonchev–Trinajstić information content (AvgIpc) is 3.20. The van der Waals surface area contributed by atoms with Gasteiger partial charge in [-0.2, -0.15) is 0 Å². The van der Waals surface area contributed by atoms with Crippen molar-refractivity contribution in [3.8, 4) is 0 Å². The lowest BCUT2D eigenvalue weighted by Gasteiger charge is -2.16. The van der Waals surface area contributed by atoms with Crippen LogP contribution >= 0.6 is 0 Å². The summed E-state index contributed by atoms with van der Waals surface area (Å²) >= 11 is 0. The van der Waals surface area contributed by atoms with Crippen LogP contribution in [0.3, 0.4) is 0 Å². The van der Waals surface area contributed by atoms with Crippen molar-refractivity contribution < 1.29 is 57.2 Å².